The van der Waals surface area contributed by atoms with Crippen molar-refractivity contribution in [1.29, 1.82) is 0 Å². The largest absolute Gasteiger partial charge is 0.370 e. The van der Waals surface area contributed by atoms with E-state index in [2.05, 4.69) is 45.5 Å². The molecule has 2 aromatic rings. The predicted molar refractivity (Wildman–Crippen MR) is 87.2 cm³/mol. The van der Waals surface area contributed by atoms with E-state index in [0.717, 1.165) is 24.8 Å². The number of hydrogen-bond acceptors (Lipinski definition) is 3. The van der Waals surface area contributed by atoms with E-state index in [1.807, 2.05) is 24.4 Å². The van der Waals surface area contributed by atoms with E-state index >= 15 is 0 Å². The zero-order chi connectivity index (χ0) is 14.3. The van der Waals surface area contributed by atoms with Crippen LogP contribution in [0.1, 0.15) is 18.4 Å². The van der Waals surface area contributed by atoms with Gasteiger partial charge in [-0.25, -0.2) is 4.98 Å². The van der Waals surface area contributed by atoms with Crippen LogP contribution in [0.4, 0.5) is 5.82 Å². The molecule has 1 aromatic heterocycles. The molecule has 1 aliphatic rings. The first-order valence-corrected chi connectivity index (χ1v) is 7.81. The van der Waals surface area contributed by atoms with Crippen molar-refractivity contribution in [3.05, 3.63) is 60.3 Å². The van der Waals surface area contributed by atoms with Crippen molar-refractivity contribution >= 4 is 5.82 Å². The van der Waals surface area contributed by atoms with Crippen LogP contribution in [0.15, 0.2) is 54.7 Å². The molecular formula is C18H23N3. The van der Waals surface area contributed by atoms with Crippen LogP contribution in [0.2, 0.25) is 0 Å². The number of nitrogens with one attached hydrogen (secondary N) is 1. The number of benzene rings is 1. The molecule has 0 radical (unpaired) electrons. The molecule has 0 atom stereocenters. The molecule has 0 unspecified atom stereocenters. The van der Waals surface area contributed by atoms with E-state index < -0.39 is 0 Å². The van der Waals surface area contributed by atoms with Gasteiger partial charge >= 0.3 is 0 Å². The molecule has 21 heavy (non-hydrogen) atoms. The van der Waals surface area contributed by atoms with Gasteiger partial charge in [-0.2, -0.15) is 0 Å². The van der Waals surface area contributed by atoms with E-state index in [0.29, 0.717) is 0 Å². The van der Waals surface area contributed by atoms with Crippen LogP contribution >= 0.6 is 0 Å². The normalized spacial score (nSPS) is 16.8. The Bertz CT molecular complexity index is 519. The van der Waals surface area contributed by atoms with Crippen molar-refractivity contribution in [1.82, 2.24) is 9.88 Å². The van der Waals surface area contributed by atoms with Crippen LogP contribution in [0, 0.1) is 5.92 Å². The summed E-state index contributed by atoms with van der Waals surface area (Å²) in [4.78, 5) is 6.87. The Kier molecular flexibility index (Phi) is 4.85. The van der Waals surface area contributed by atoms with Gasteiger partial charge in [-0.3, -0.25) is 4.90 Å². The van der Waals surface area contributed by atoms with Crippen LogP contribution in [0.3, 0.4) is 0 Å². The van der Waals surface area contributed by atoms with Gasteiger partial charge in [0, 0.05) is 19.3 Å². The Morgan fingerprint density at radius 1 is 1.00 bits per heavy atom. The second-order valence-corrected chi connectivity index (χ2v) is 5.80. The van der Waals surface area contributed by atoms with Gasteiger partial charge in [0.05, 0.1) is 0 Å². The van der Waals surface area contributed by atoms with Gasteiger partial charge in [0.1, 0.15) is 5.82 Å². The highest BCUT2D eigenvalue weighted by atomic mass is 15.1. The SMILES string of the molecule is c1ccc(CN2CCC(CNc3ccccn3)CC2)cc1. The lowest BCUT2D eigenvalue weighted by Crippen LogP contribution is -2.35. The predicted octanol–water partition coefficient (Wildman–Crippen LogP) is 3.41. The maximum atomic E-state index is 4.31. The summed E-state index contributed by atoms with van der Waals surface area (Å²) in [5, 5.41) is 3.45. The summed E-state index contributed by atoms with van der Waals surface area (Å²) < 4.78 is 0. The molecule has 2 heterocycles. The third kappa shape index (κ3) is 4.30. The maximum Gasteiger partial charge on any atom is 0.125 e. The van der Waals surface area contributed by atoms with Gasteiger partial charge in [-0.05, 0) is 49.5 Å². The quantitative estimate of drug-likeness (QED) is 0.910. The van der Waals surface area contributed by atoms with Gasteiger partial charge < -0.3 is 5.32 Å². The summed E-state index contributed by atoms with van der Waals surface area (Å²) in [7, 11) is 0. The lowest BCUT2D eigenvalue weighted by atomic mass is 9.96. The Morgan fingerprint density at radius 2 is 1.76 bits per heavy atom. The fraction of sp³-hybridized carbons (Fsp3) is 0.389. The lowest BCUT2D eigenvalue weighted by Gasteiger charge is -2.32. The molecule has 3 rings (SSSR count). The van der Waals surface area contributed by atoms with Crippen molar-refractivity contribution < 1.29 is 0 Å². The van der Waals surface area contributed by atoms with E-state index in [9.17, 15) is 0 Å². The first-order chi connectivity index (χ1) is 10.4. The summed E-state index contributed by atoms with van der Waals surface area (Å²) in [6.07, 6.45) is 4.38. The van der Waals surface area contributed by atoms with Crippen LogP contribution < -0.4 is 5.32 Å². The minimum atomic E-state index is 0.763. The number of piperidine rings is 1. The zero-order valence-electron chi connectivity index (χ0n) is 12.4. The van der Waals surface area contributed by atoms with E-state index in [1.54, 1.807) is 0 Å². The lowest BCUT2D eigenvalue weighted by molar-refractivity contribution is 0.182. The van der Waals surface area contributed by atoms with E-state index in [1.165, 1.54) is 31.5 Å². The standard InChI is InChI=1S/C18H23N3/c1-2-6-17(7-3-1)15-21-12-9-16(10-13-21)14-20-18-8-4-5-11-19-18/h1-8,11,16H,9-10,12-15H2,(H,19,20). The van der Waals surface area contributed by atoms with Gasteiger partial charge in [0.15, 0.2) is 0 Å². The average molecular weight is 281 g/mol. The molecule has 1 N–H and O–H groups in total. The van der Waals surface area contributed by atoms with Gasteiger partial charge in [-0.1, -0.05) is 36.4 Å². The first kappa shape index (κ1) is 14.1. The van der Waals surface area contributed by atoms with Crippen molar-refractivity contribution in [3.63, 3.8) is 0 Å². The second kappa shape index (κ2) is 7.23. The summed E-state index contributed by atoms with van der Waals surface area (Å²) in [6.45, 7) is 4.52. The Morgan fingerprint density at radius 3 is 2.48 bits per heavy atom. The van der Waals surface area contributed by atoms with E-state index in [4.69, 9.17) is 0 Å². The highest BCUT2D eigenvalue weighted by Crippen LogP contribution is 2.19. The third-order valence-electron chi connectivity index (χ3n) is 4.19. The Labute approximate surface area is 127 Å². The number of hydrogen-bond donors (Lipinski definition) is 1. The van der Waals surface area contributed by atoms with Crippen molar-refractivity contribution in [3.8, 4) is 0 Å². The van der Waals surface area contributed by atoms with Crippen LogP contribution in [-0.4, -0.2) is 29.5 Å². The Hall–Kier alpha value is -1.87. The smallest absolute Gasteiger partial charge is 0.125 e. The van der Waals surface area contributed by atoms with Crippen LogP contribution in [0.25, 0.3) is 0 Å². The third-order valence-corrected chi connectivity index (χ3v) is 4.19. The number of likely N-dealkylation sites (tertiary alicyclic amines) is 1. The van der Waals surface area contributed by atoms with Crippen molar-refractivity contribution in [2.24, 2.45) is 5.92 Å². The topological polar surface area (TPSA) is 28.2 Å². The highest BCUT2D eigenvalue weighted by molar-refractivity contribution is 5.33. The molecule has 1 saturated heterocycles. The van der Waals surface area contributed by atoms with Gasteiger partial charge in [0.2, 0.25) is 0 Å². The summed E-state index contributed by atoms with van der Waals surface area (Å²) in [5.74, 6) is 1.75. The fourth-order valence-electron chi connectivity index (χ4n) is 2.91. The summed E-state index contributed by atoms with van der Waals surface area (Å²) in [5.41, 5.74) is 1.42. The Balaban J connectivity index is 1.41. The highest BCUT2D eigenvalue weighted by Gasteiger charge is 2.19. The zero-order valence-corrected chi connectivity index (χ0v) is 12.4. The molecule has 110 valence electrons. The van der Waals surface area contributed by atoms with Crippen molar-refractivity contribution in [2.45, 2.75) is 19.4 Å². The molecule has 0 bridgehead atoms. The van der Waals surface area contributed by atoms with Gasteiger partial charge in [0.25, 0.3) is 0 Å². The molecule has 0 spiro atoms. The number of rotatable bonds is 5. The molecule has 0 saturated carbocycles. The van der Waals surface area contributed by atoms with Gasteiger partial charge in [-0.15, -0.1) is 0 Å². The summed E-state index contributed by atoms with van der Waals surface area (Å²) >= 11 is 0. The molecule has 1 fully saturated rings. The number of anilines is 1. The molecule has 1 aliphatic heterocycles. The number of pyridine rings is 1. The average Bonchev–Trinajstić information content (AvgIpc) is 2.56. The monoisotopic (exact) mass is 281 g/mol. The maximum absolute atomic E-state index is 4.31. The molecule has 1 aromatic carbocycles. The second-order valence-electron chi connectivity index (χ2n) is 5.80. The molecule has 3 nitrogen and oxygen atoms in total. The van der Waals surface area contributed by atoms with Crippen LogP contribution in [-0.2, 0) is 6.54 Å². The summed E-state index contributed by atoms with van der Waals surface area (Å²) in [6, 6.07) is 16.8. The van der Waals surface area contributed by atoms with Crippen LogP contribution in [0.5, 0.6) is 0 Å². The minimum Gasteiger partial charge on any atom is -0.370 e. The molecule has 0 amide bonds. The minimum absolute atomic E-state index is 0.763. The first-order valence-electron chi connectivity index (χ1n) is 7.81. The number of aromatic nitrogens is 1. The van der Waals surface area contributed by atoms with E-state index in [-0.39, 0.29) is 0 Å². The molecule has 3 heteroatoms. The number of nitrogens with zero attached hydrogens (tertiary/aromatic N) is 2. The fourth-order valence-corrected chi connectivity index (χ4v) is 2.91. The molecular weight excluding hydrogens is 258 g/mol. The van der Waals surface area contributed by atoms with Crippen molar-refractivity contribution in [2.75, 3.05) is 25.0 Å². The molecule has 0 aliphatic carbocycles.